The van der Waals surface area contributed by atoms with Gasteiger partial charge in [-0.3, -0.25) is 4.79 Å². The number of anilines is 1. The van der Waals surface area contributed by atoms with Gasteiger partial charge >= 0.3 is 5.97 Å². The lowest BCUT2D eigenvalue weighted by atomic mass is 10.3. The lowest BCUT2D eigenvalue weighted by Crippen LogP contribution is -2.30. The predicted octanol–water partition coefficient (Wildman–Crippen LogP) is 2.32. The Morgan fingerprint density at radius 2 is 1.95 bits per heavy atom. The summed E-state index contributed by atoms with van der Waals surface area (Å²) in [6, 6.07) is 7.40. The van der Waals surface area contributed by atoms with Crippen LogP contribution in [0.2, 0.25) is 0 Å². The van der Waals surface area contributed by atoms with Gasteiger partial charge in [0.1, 0.15) is 5.75 Å². The van der Waals surface area contributed by atoms with Gasteiger partial charge in [0.25, 0.3) is 0 Å². The zero-order chi connectivity index (χ0) is 15.0. The quantitative estimate of drug-likeness (QED) is 0.620. The second kappa shape index (κ2) is 8.37. The minimum atomic E-state index is -0.236. The number of nitrogens with one attached hydrogen (secondary N) is 2. The number of ether oxygens (including phenoxy) is 2. The zero-order valence-electron chi connectivity index (χ0n) is 11.9. The smallest absolute Gasteiger partial charge is 0.307 e. The molecule has 2 N–H and O–H groups in total. The minimum Gasteiger partial charge on any atom is -0.497 e. The van der Waals surface area contributed by atoms with Crippen molar-refractivity contribution < 1.29 is 14.3 Å². The first-order valence-corrected chi connectivity index (χ1v) is 6.80. The molecule has 0 fully saturated rings. The number of thiocarbonyl (C=S) groups is 1. The van der Waals surface area contributed by atoms with Crippen LogP contribution < -0.4 is 15.4 Å². The molecule has 0 aliphatic rings. The Bertz CT molecular complexity index is 446. The first-order valence-electron chi connectivity index (χ1n) is 6.39. The molecule has 1 aromatic carbocycles. The summed E-state index contributed by atoms with van der Waals surface area (Å²) in [6.45, 7) is 4.08. The van der Waals surface area contributed by atoms with Crippen molar-refractivity contribution in [3.05, 3.63) is 24.3 Å². The Balaban J connectivity index is 2.27. The summed E-state index contributed by atoms with van der Waals surface area (Å²) in [5.74, 6) is 0.547. The van der Waals surface area contributed by atoms with Crippen LogP contribution in [0.25, 0.3) is 0 Å². The van der Waals surface area contributed by atoms with Crippen molar-refractivity contribution in [3.8, 4) is 5.75 Å². The van der Waals surface area contributed by atoms with Crippen LogP contribution in [-0.2, 0) is 9.53 Å². The van der Waals surface area contributed by atoms with E-state index in [1.54, 1.807) is 7.11 Å². The highest BCUT2D eigenvalue weighted by atomic mass is 32.1. The number of benzene rings is 1. The summed E-state index contributed by atoms with van der Waals surface area (Å²) in [4.78, 5) is 11.3. The van der Waals surface area contributed by atoms with E-state index in [0.717, 1.165) is 11.4 Å². The Morgan fingerprint density at radius 1 is 1.30 bits per heavy atom. The minimum absolute atomic E-state index is 0.0909. The van der Waals surface area contributed by atoms with Gasteiger partial charge in [-0.05, 0) is 50.3 Å². The van der Waals surface area contributed by atoms with Gasteiger partial charge in [0, 0.05) is 12.2 Å². The van der Waals surface area contributed by atoms with E-state index in [-0.39, 0.29) is 18.5 Å². The number of rotatable bonds is 6. The van der Waals surface area contributed by atoms with E-state index in [0.29, 0.717) is 11.7 Å². The van der Waals surface area contributed by atoms with Crippen molar-refractivity contribution in [2.24, 2.45) is 0 Å². The molecule has 6 heteroatoms. The van der Waals surface area contributed by atoms with E-state index in [1.165, 1.54) is 0 Å². The summed E-state index contributed by atoms with van der Waals surface area (Å²) in [5.41, 5.74) is 0.855. The van der Waals surface area contributed by atoms with Gasteiger partial charge in [0.05, 0.1) is 19.6 Å². The van der Waals surface area contributed by atoms with Crippen LogP contribution in [0.1, 0.15) is 20.3 Å². The molecule has 0 aromatic heterocycles. The number of hydrogen-bond acceptors (Lipinski definition) is 4. The van der Waals surface area contributed by atoms with Crippen molar-refractivity contribution in [1.82, 2.24) is 5.32 Å². The maximum absolute atomic E-state index is 11.3. The molecule has 0 radical (unpaired) electrons. The SMILES string of the molecule is COc1ccc(NC(=S)NCCC(=O)OC(C)C)cc1. The van der Waals surface area contributed by atoms with Crippen LogP contribution in [-0.4, -0.2) is 30.8 Å². The number of carbonyl (C=O) groups excluding carboxylic acids is 1. The van der Waals surface area contributed by atoms with Crippen LogP contribution in [0, 0.1) is 0 Å². The number of carbonyl (C=O) groups is 1. The van der Waals surface area contributed by atoms with Crippen LogP contribution in [0.4, 0.5) is 5.69 Å². The summed E-state index contributed by atoms with van der Waals surface area (Å²) < 4.78 is 10.1. The molecule has 1 aromatic rings. The van der Waals surface area contributed by atoms with Crippen molar-refractivity contribution in [2.45, 2.75) is 26.4 Å². The van der Waals surface area contributed by atoms with E-state index in [9.17, 15) is 4.79 Å². The van der Waals surface area contributed by atoms with Crippen LogP contribution >= 0.6 is 12.2 Å². The summed E-state index contributed by atoms with van der Waals surface area (Å²) in [6.07, 6.45) is 0.190. The third-order valence-corrected chi connectivity index (χ3v) is 2.58. The second-order valence-corrected chi connectivity index (χ2v) is 4.81. The summed E-state index contributed by atoms with van der Waals surface area (Å²) >= 11 is 5.13. The Hall–Kier alpha value is -1.82. The van der Waals surface area contributed by atoms with Gasteiger partial charge < -0.3 is 20.1 Å². The van der Waals surface area contributed by atoms with E-state index >= 15 is 0 Å². The van der Waals surface area contributed by atoms with E-state index in [2.05, 4.69) is 10.6 Å². The van der Waals surface area contributed by atoms with Gasteiger partial charge in [0.2, 0.25) is 0 Å². The fourth-order valence-electron chi connectivity index (χ4n) is 1.45. The molecule has 0 saturated heterocycles. The van der Waals surface area contributed by atoms with Crippen LogP contribution in [0.5, 0.6) is 5.75 Å². The lowest BCUT2D eigenvalue weighted by molar-refractivity contribution is -0.147. The third kappa shape index (κ3) is 6.38. The molecule has 0 bridgehead atoms. The van der Waals surface area contributed by atoms with Crippen molar-refractivity contribution in [3.63, 3.8) is 0 Å². The molecule has 0 saturated carbocycles. The molecule has 1 rings (SSSR count). The molecule has 5 nitrogen and oxygen atoms in total. The van der Waals surface area contributed by atoms with Gasteiger partial charge in [-0.15, -0.1) is 0 Å². The summed E-state index contributed by atoms with van der Waals surface area (Å²) in [7, 11) is 1.62. The maximum atomic E-state index is 11.3. The largest absolute Gasteiger partial charge is 0.497 e. The topological polar surface area (TPSA) is 59.6 Å². The number of methoxy groups -OCH3 is 1. The van der Waals surface area contributed by atoms with E-state index < -0.39 is 0 Å². The highest BCUT2D eigenvalue weighted by Gasteiger charge is 2.05. The van der Waals surface area contributed by atoms with Gasteiger partial charge in [-0.25, -0.2) is 0 Å². The van der Waals surface area contributed by atoms with Crippen LogP contribution in [0.3, 0.4) is 0 Å². The fraction of sp³-hybridized carbons (Fsp3) is 0.429. The summed E-state index contributed by atoms with van der Waals surface area (Å²) in [5, 5.41) is 6.44. The molecule has 20 heavy (non-hydrogen) atoms. The van der Waals surface area contributed by atoms with Crippen LogP contribution in [0.15, 0.2) is 24.3 Å². The standard InChI is InChI=1S/C14H20N2O3S/c1-10(2)19-13(17)8-9-15-14(20)16-11-4-6-12(18-3)7-5-11/h4-7,10H,8-9H2,1-3H3,(H2,15,16,20). The molecule has 0 atom stereocenters. The lowest BCUT2D eigenvalue weighted by Gasteiger charge is -2.11. The van der Waals surface area contributed by atoms with Crippen molar-refractivity contribution >= 4 is 29.0 Å². The Kier molecular flexibility index (Phi) is 6.79. The number of hydrogen-bond donors (Lipinski definition) is 2. The normalized spacial score (nSPS) is 10.0. The van der Waals surface area contributed by atoms with Crippen molar-refractivity contribution in [1.29, 1.82) is 0 Å². The first-order chi connectivity index (χ1) is 9.51. The molecule has 0 amide bonds. The molecule has 0 aliphatic heterocycles. The molecule has 0 aliphatic carbocycles. The highest BCUT2D eigenvalue weighted by Crippen LogP contribution is 2.14. The average molecular weight is 296 g/mol. The average Bonchev–Trinajstić information content (AvgIpc) is 2.38. The predicted molar refractivity (Wildman–Crippen MR) is 83.1 cm³/mol. The Morgan fingerprint density at radius 3 is 2.50 bits per heavy atom. The second-order valence-electron chi connectivity index (χ2n) is 4.40. The monoisotopic (exact) mass is 296 g/mol. The molecular formula is C14H20N2O3S. The first kappa shape index (κ1) is 16.2. The maximum Gasteiger partial charge on any atom is 0.307 e. The molecule has 0 unspecified atom stereocenters. The zero-order valence-corrected chi connectivity index (χ0v) is 12.8. The van der Waals surface area contributed by atoms with Gasteiger partial charge in [-0.1, -0.05) is 0 Å². The number of esters is 1. The van der Waals surface area contributed by atoms with Gasteiger partial charge in [0.15, 0.2) is 5.11 Å². The molecule has 0 heterocycles. The van der Waals surface area contributed by atoms with Gasteiger partial charge in [-0.2, -0.15) is 0 Å². The fourth-order valence-corrected chi connectivity index (χ4v) is 1.67. The van der Waals surface area contributed by atoms with Crippen molar-refractivity contribution in [2.75, 3.05) is 19.0 Å². The highest BCUT2D eigenvalue weighted by molar-refractivity contribution is 7.80. The van der Waals surface area contributed by atoms with E-state index in [1.807, 2.05) is 38.1 Å². The Labute approximate surface area is 124 Å². The third-order valence-electron chi connectivity index (χ3n) is 2.33. The van der Waals surface area contributed by atoms with E-state index in [4.69, 9.17) is 21.7 Å². The molecule has 110 valence electrons. The molecular weight excluding hydrogens is 276 g/mol. The molecule has 0 spiro atoms.